The van der Waals surface area contributed by atoms with E-state index in [0.717, 1.165) is 16.9 Å². The van der Waals surface area contributed by atoms with E-state index in [1.54, 1.807) is 0 Å². The molecule has 0 saturated heterocycles. The SMILES string of the molecule is CC1CCCC(C(C[N+](C)(C)C)OP(O)(=S)S)C1. The van der Waals surface area contributed by atoms with Gasteiger partial charge in [0.25, 0.3) is 0 Å². The van der Waals surface area contributed by atoms with Crippen LogP contribution in [0.4, 0.5) is 0 Å². The highest BCUT2D eigenvalue weighted by atomic mass is 32.9. The van der Waals surface area contributed by atoms with Crippen molar-refractivity contribution in [1.82, 2.24) is 0 Å². The third-order valence-corrected chi connectivity index (χ3v) is 4.59. The molecule has 1 rings (SSSR count). The van der Waals surface area contributed by atoms with Crippen LogP contribution in [0.5, 0.6) is 0 Å². The Kier molecular flexibility index (Phi) is 6.17. The van der Waals surface area contributed by atoms with E-state index >= 15 is 0 Å². The minimum atomic E-state index is -2.88. The van der Waals surface area contributed by atoms with Crippen molar-refractivity contribution in [3.63, 3.8) is 0 Å². The summed E-state index contributed by atoms with van der Waals surface area (Å²) in [4.78, 5) is 9.74. The molecule has 0 bridgehead atoms. The average molecular weight is 312 g/mol. The van der Waals surface area contributed by atoms with Crippen molar-refractivity contribution >= 4 is 29.7 Å². The van der Waals surface area contributed by atoms with Gasteiger partial charge in [-0.25, -0.2) is 0 Å². The molecule has 4 unspecified atom stereocenters. The highest BCUT2D eigenvalue weighted by Gasteiger charge is 2.33. The predicted octanol–water partition coefficient (Wildman–Crippen LogP) is 3.05. The van der Waals surface area contributed by atoms with E-state index in [9.17, 15) is 4.89 Å². The summed E-state index contributed by atoms with van der Waals surface area (Å²) in [6, 6.07) is 0. The summed E-state index contributed by atoms with van der Waals surface area (Å²) >= 11 is 8.99. The van der Waals surface area contributed by atoms with Crippen LogP contribution in [-0.2, 0) is 16.3 Å². The number of nitrogens with zero attached hydrogens (tertiary/aromatic N) is 1. The summed E-state index contributed by atoms with van der Waals surface area (Å²) in [7, 11) is 6.42. The van der Waals surface area contributed by atoms with Gasteiger partial charge in [-0.05, 0) is 36.5 Å². The van der Waals surface area contributed by atoms with E-state index in [1.807, 2.05) is 0 Å². The van der Waals surface area contributed by atoms with Crippen LogP contribution in [0, 0.1) is 11.8 Å². The molecule has 0 aromatic heterocycles. The first-order chi connectivity index (χ1) is 8.07. The summed E-state index contributed by atoms with van der Waals surface area (Å²) in [5.41, 5.74) is -2.88. The minimum Gasteiger partial charge on any atom is -0.338 e. The maximum absolute atomic E-state index is 9.74. The van der Waals surface area contributed by atoms with Gasteiger partial charge in [0, 0.05) is 0 Å². The van der Waals surface area contributed by atoms with Crippen LogP contribution in [0.1, 0.15) is 32.6 Å². The van der Waals surface area contributed by atoms with Gasteiger partial charge in [0.15, 0.2) is 0 Å². The fourth-order valence-electron chi connectivity index (χ4n) is 2.80. The van der Waals surface area contributed by atoms with Gasteiger partial charge in [0.05, 0.1) is 21.1 Å². The summed E-state index contributed by atoms with van der Waals surface area (Å²) in [6.45, 7) is 3.17. The van der Waals surface area contributed by atoms with Crippen LogP contribution in [0.15, 0.2) is 0 Å². The first kappa shape index (κ1) is 16.9. The predicted molar refractivity (Wildman–Crippen MR) is 84.4 cm³/mol. The van der Waals surface area contributed by atoms with Crippen molar-refractivity contribution in [3.8, 4) is 0 Å². The highest BCUT2D eigenvalue weighted by Crippen LogP contribution is 2.50. The molecule has 18 heavy (non-hydrogen) atoms. The zero-order chi connectivity index (χ0) is 14.0. The molecule has 1 N–H and O–H groups in total. The minimum absolute atomic E-state index is 0.0288. The number of rotatable bonds is 5. The largest absolute Gasteiger partial charge is 0.338 e. The van der Waals surface area contributed by atoms with Crippen LogP contribution in [-0.4, -0.2) is 43.2 Å². The summed E-state index contributed by atoms with van der Waals surface area (Å²) < 4.78 is 6.55. The van der Waals surface area contributed by atoms with E-state index in [-0.39, 0.29) is 6.10 Å². The van der Waals surface area contributed by atoms with Crippen molar-refractivity contribution in [2.45, 2.75) is 38.7 Å². The third-order valence-electron chi connectivity index (χ3n) is 3.50. The molecule has 0 spiro atoms. The van der Waals surface area contributed by atoms with Crippen LogP contribution in [0.25, 0.3) is 0 Å². The van der Waals surface area contributed by atoms with Gasteiger partial charge in [-0.3, -0.25) is 0 Å². The van der Waals surface area contributed by atoms with E-state index in [0.29, 0.717) is 5.92 Å². The van der Waals surface area contributed by atoms with E-state index in [4.69, 9.17) is 16.3 Å². The van der Waals surface area contributed by atoms with E-state index < -0.39 is 5.69 Å². The molecular formula is C12H27NO2PS2+. The van der Waals surface area contributed by atoms with Crippen molar-refractivity contribution in [2.24, 2.45) is 11.8 Å². The fourth-order valence-corrected chi connectivity index (χ4v) is 4.09. The van der Waals surface area contributed by atoms with Gasteiger partial charge in [-0.2, -0.15) is 0 Å². The van der Waals surface area contributed by atoms with Crippen LogP contribution in [0.3, 0.4) is 0 Å². The Morgan fingerprint density at radius 1 is 1.44 bits per heavy atom. The first-order valence-electron chi connectivity index (χ1n) is 6.61. The third kappa shape index (κ3) is 6.88. The van der Waals surface area contributed by atoms with Crippen molar-refractivity contribution < 1.29 is 13.9 Å². The normalized spacial score (nSPS) is 30.8. The lowest BCUT2D eigenvalue weighted by Gasteiger charge is -2.37. The average Bonchev–Trinajstić information content (AvgIpc) is 2.12. The second kappa shape index (κ2) is 6.55. The summed E-state index contributed by atoms with van der Waals surface area (Å²) in [6.07, 6.45) is 4.94. The van der Waals surface area contributed by atoms with Gasteiger partial charge in [-0.15, -0.1) is 0 Å². The van der Waals surface area contributed by atoms with Crippen LogP contribution < -0.4 is 0 Å². The van der Waals surface area contributed by atoms with E-state index in [2.05, 4.69) is 40.3 Å². The summed E-state index contributed by atoms with van der Waals surface area (Å²) in [5, 5.41) is 0. The lowest BCUT2D eigenvalue weighted by Crippen LogP contribution is -2.45. The molecule has 1 saturated carbocycles. The Morgan fingerprint density at radius 3 is 2.50 bits per heavy atom. The van der Waals surface area contributed by atoms with Crippen molar-refractivity contribution in [3.05, 3.63) is 0 Å². The molecule has 0 aromatic rings. The topological polar surface area (TPSA) is 29.5 Å². The van der Waals surface area contributed by atoms with E-state index in [1.165, 1.54) is 25.7 Å². The Hall–Kier alpha value is 0.880. The van der Waals surface area contributed by atoms with Crippen molar-refractivity contribution in [2.75, 3.05) is 27.7 Å². The molecule has 3 nitrogen and oxygen atoms in total. The fraction of sp³-hybridized carbons (Fsp3) is 1.00. The molecular weight excluding hydrogens is 285 g/mol. The molecule has 6 heteroatoms. The lowest BCUT2D eigenvalue weighted by molar-refractivity contribution is -0.873. The van der Waals surface area contributed by atoms with Gasteiger partial charge in [0.2, 0.25) is 5.69 Å². The van der Waals surface area contributed by atoms with Crippen molar-refractivity contribution in [1.29, 1.82) is 0 Å². The Bertz CT molecular complexity index is 314. The molecule has 0 radical (unpaired) electrons. The molecule has 4 atom stereocenters. The molecule has 0 aliphatic heterocycles. The Labute approximate surface area is 122 Å². The molecule has 0 amide bonds. The monoisotopic (exact) mass is 312 g/mol. The summed E-state index contributed by atoms with van der Waals surface area (Å²) in [5.74, 6) is 1.26. The number of likely N-dealkylation sites (N-methyl/N-ethyl adjacent to an activating group) is 1. The quantitative estimate of drug-likeness (QED) is 0.464. The number of quaternary nitrogens is 1. The first-order valence-corrected chi connectivity index (χ1v) is 10.4. The highest BCUT2D eigenvalue weighted by molar-refractivity contribution is 8.59. The molecule has 0 heterocycles. The van der Waals surface area contributed by atoms with Gasteiger partial charge in [0.1, 0.15) is 12.6 Å². The number of hydrogen-bond acceptors (Lipinski definition) is 2. The molecule has 1 fully saturated rings. The smallest absolute Gasteiger partial charge is 0.242 e. The number of thiol groups is 1. The second-order valence-corrected chi connectivity index (χ2v) is 11.8. The van der Waals surface area contributed by atoms with Crippen LogP contribution in [0.2, 0.25) is 0 Å². The van der Waals surface area contributed by atoms with Gasteiger partial charge < -0.3 is 13.9 Å². The molecule has 108 valence electrons. The van der Waals surface area contributed by atoms with Crippen LogP contribution >= 0.6 is 17.9 Å². The Morgan fingerprint density at radius 2 is 2.06 bits per heavy atom. The zero-order valence-corrected chi connectivity index (χ0v) is 14.5. The molecule has 1 aliphatic rings. The zero-order valence-electron chi connectivity index (χ0n) is 11.9. The van der Waals surface area contributed by atoms with Gasteiger partial charge in [-0.1, -0.05) is 32.0 Å². The molecule has 0 aromatic carbocycles. The standard InChI is InChI=1S/C12H26NO2PS2/c1-10-6-5-7-11(8-10)12(9-13(2,3)4)15-16(14,17)18/h10-12H,5-9H2,1-4H3,(H-,14,17,18)/p+1. The maximum atomic E-state index is 9.74. The number of hydrogen-bond donors (Lipinski definition) is 2. The second-order valence-electron chi connectivity index (χ2n) is 6.64. The lowest BCUT2D eigenvalue weighted by atomic mass is 9.79. The van der Waals surface area contributed by atoms with Gasteiger partial charge >= 0.3 is 0 Å². The Balaban J connectivity index is 2.72. The maximum Gasteiger partial charge on any atom is 0.242 e. The molecule has 1 aliphatic carbocycles.